The number of hydrogen-bond acceptors (Lipinski definition) is 5. The van der Waals surface area contributed by atoms with E-state index in [0.717, 1.165) is 22.0 Å². The van der Waals surface area contributed by atoms with Crippen LogP contribution in [-0.4, -0.2) is 47.0 Å². The number of thiophene rings is 1. The lowest BCUT2D eigenvalue weighted by Gasteiger charge is -2.36. The fourth-order valence-corrected chi connectivity index (χ4v) is 4.39. The Bertz CT molecular complexity index is 1010. The second-order valence-corrected chi connectivity index (χ2v) is 8.13. The minimum Gasteiger partial charge on any atom is -0.353 e. The van der Waals surface area contributed by atoms with Gasteiger partial charge in [-0.05, 0) is 36.9 Å². The van der Waals surface area contributed by atoms with Crippen molar-refractivity contribution in [1.82, 2.24) is 14.9 Å². The average molecular weight is 411 g/mol. The molecule has 1 aliphatic heterocycles. The Hall–Kier alpha value is -2.80. The number of amides is 1. The molecule has 29 heavy (non-hydrogen) atoms. The zero-order valence-electron chi connectivity index (χ0n) is 16.6. The SMILES string of the molecule is Cc1nc(C)c(Cc2ccccc2F)c(N2CCN(C(=O)c3cccs3)CC2)n1. The van der Waals surface area contributed by atoms with Crippen LogP contribution in [0, 0.1) is 19.7 Å². The van der Waals surface area contributed by atoms with E-state index in [1.165, 1.54) is 17.4 Å². The van der Waals surface area contributed by atoms with Gasteiger partial charge in [0, 0.05) is 43.9 Å². The Morgan fingerprint density at radius 3 is 2.52 bits per heavy atom. The lowest BCUT2D eigenvalue weighted by atomic mass is 10.0. The van der Waals surface area contributed by atoms with Gasteiger partial charge in [0.1, 0.15) is 17.5 Å². The number of nitrogens with zero attached hydrogens (tertiary/aromatic N) is 4. The molecule has 7 heteroatoms. The van der Waals surface area contributed by atoms with Crippen LogP contribution in [0.5, 0.6) is 0 Å². The van der Waals surface area contributed by atoms with Crippen LogP contribution in [0.4, 0.5) is 10.2 Å². The summed E-state index contributed by atoms with van der Waals surface area (Å²) in [5.41, 5.74) is 2.45. The second kappa shape index (κ2) is 8.29. The third kappa shape index (κ3) is 4.15. The number of benzene rings is 1. The summed E-state index contributed by atoms with van der Waals surface area (Å²) in [5, 5.41) is 1.92. The summed E-state index contributed by atoms with van der Waals surface area (Å²) in [6.45, 7) is 6.48. The van der Waals surface area contributed by atoms with E-state index < -0.39 is 0 Å². The van der Waals surface area contributed by atoms with E-state index in [-0.39, 0.29) is 11.7 Å². The normalized spacial score (nSPS) is 14.3. The number of hydrogen-bond donors (Lipinski definition) is 0. The fraction of sp³-hybridized carbons (Fsp3) is 0.318. The van der Waals surface area contributed by atoms with Gasteiger partial charge in [-0.3, -0.25) is 4.79 Å². The minimum atomic E-state index is -0.218. The molecule has 1 amide bonds. The zero-order chi connectivity index (χ0) is 20.4. The second-order valence-electron chi connectivity index (χ2n) is 7.18. The van der Waals surface area contributed by atoms with E-state index >= 15 is 0 Å². The molecule has 150 valence electrons. The van der Waals surface area contributed by atoms with Crippen LogP contribution in [-0.2, 0) is 6.42 Å². The van der Waals surface area contributed by atoms with Crippen molar-refractivity contribution in [1.29, 1.82) is 0 Å². The number of aryl methyl sites for hydroxylation is 2. The summed E-state index contributed by atoms with van der Waals surface area (Å²) in [5.74, 6) is 1.42. The number of halogens is 1. The number of carbonyl (C=O) groups excluding carboxylic acids is 1. The summed E-state index contributed by atoms with van der Waals surface area (Å²) in [6, 6.07) is 10.6. The van der Waals surface area contributed by atoms with E-state index in [4.69, 9.17) is 4.98 Å². The molecule has 1 aliphatic rings. The average Bonchev–Trinajstić information content (AvgIpc) is 3.26. The quantitative estimate of drug-likeness (QED) is 0.656. The van der Waals surface area contributed by atoms with Crippen LogP contribution < -0.4 is 4.90 Å². The standard InChI is InChI=1S/C22H23FN4OS/c1-15-18(14-17-6-3-4-7-19(17)23)21(25-16(2)24-15)26-9-11-27(12-10-26)22(28)20-8-5-13-29-20/h3-8,13H,9-12,14H2,1-2H3. The predicted octanol–water partition coefficient (Wildman–Crippen LogP) is 3.85. The Labute approximate surface area is 173 Å². The Balaban J connectivity index is 1.56. The van der Waals surface area contributed by atoms with Gasteiger partial charge in [0.2, 0.25) is 0 Å². The van der Waals surface area contributed by atoms with Gasteiger partial charge < -0.3 is 9.80 Å². The van der Waals surface area contributed by atoms with Crippen molar-refractivity contribution in [3.63, 3.8) is 0 Å². The monoisotopic (exact) mass is 410 g/mol. The fourth-order valence-electron chi connectivity index (χ4n) is 3.70. The van der Waals surface area contributed by atoms with Gasteiger partial charge in [-0.25, -0.2) is 14.4 Å². The smallest absolute Gasteiger partial charge is 0.264 e. The molecule has 0 bridgehead atoms. The maximum atomic E-state index is 14.2. The van der Waals surface area contributed by atoms with Crippen LogP contribution >= 0.6 is 11.3 Å². The van der Waals surface area contributed by atoms with E-state index in [9.17, 15) is 9.18 Å². The van der Waals surface area contributed by atoms with Crippen molar-refractivity contribution in [3.8, 4) is 0 Å². The van der Waals surface area contributed by atoms with E-state index in [0.29, 0.717) is 44.0 Å². The first-order valence-corrected chi connectivity index (χ1v) is 10.6. The number of rotatable bonds is 4. The number of aromatic nitrogens is 2. The Morgan fingerprint density at radius 2 is 1.83 bits per heavy atom. The summed E-state index contributed by atoms with van der Waals surface area (Å²) in [6.07, 6.45) is 0.447. The number of anilines is 1. The van der Waals surface area contributed by atoms with Crippen molar-refractivity contribution in [2.24, 2.45) is 0 Å². The zero-order valence-corrected chi connectivity index (χ0v) is 17.4. The molecule has 1 saturated heterocycles. The topological polar surface area (TPSA) is 49.3 Å². The minimum absolute atomic E-state index is 0.0845. The predicted molar refractivity (Wildman–Crippen MR) is 113 cm³/mol. The molecular formula is C22H23FN4OS. The van der Waals surface area contributed by atoms with Gasteiger partial charge in [-0.2, -0.15) is 0 Å². The Kier molecular flexibility index (Phi) is 5.58. The lowest BCUT2D eigenvalue weighted by molar-refractivity contribution is 0.0751. The first kappa shape index (κ1) is 19.5. The first-order valence-electron chi connectivity index (χ1n) is 9.68. The Morgan fingerprint density at radius 1 is 1.07 bits per heavy atom. The molecule has 0 unspecified atom stereocenters. The van der Waals surface area contributed by atoms with Gasteiger partial charge in [0.15, 0.2) is 0 Å². The highest BCUT2D eigenvalue weighted by molar-refractivity contribution is 7.12. The molecule has 0 N–H and O–H groups in total. The molecule has 1 fully saturated rings. The van der Waals surface area contributed by atoms with E-state index in [1.807, 2.05) is 42.3 Å². The highest BCUT2D eigenvalue weighted by atomic mass is 32.1. The van der Waals surface area contributed by atoms with Crippen LogP contribution in [0.1, 0.15) is 32.3 Å². The molecule has 4 rings (SSSR count). The van der Waals surface area contributed by atoms with Gasteiger partial charge in [-0.1, -0.05) is 24.3 Å². The molecule has 0 radical (unpaired) electrons. The summed E-state index contributed by atoms with van der Waals surface area (Å²) < 4.78 is 14.2. The van der Waals surface area contributed by atoms with Gasteiger partial charge in [0.05, 0.1) is 4.88 Å². The molecule has 2 aromatic heterocycles. The summed E-state index contributed by atoms with van der Waals surface area (Å²) >= 11 is 1.47. The summed E-state index contributed by atoms with van der Waals surface area (Å²) in [4.78, 5) is 26.7. The number of piperazine rings is 1. The molecule has 1 aromatic carbocycles. The van der Waals surface area contributed by atoms with E-state index in [1.54, 1.807) is 12.1 Å². The molecular weight excluding hydrogens is 387 g/mol. The van der Waals surface area contributed by atoms with Crippen LogP contribution in [0.2, 0.25) is 0 Å². The number of carbonyl (C=O) groups is 1. The van der Waals surface area contributed by atoms with Crippen molar-refractivity contribution in [3.05, 3.63) is 75.1 Å². The maximum Gasteiger partial charge on any atom is 0.264 e. The molecule has 5 nitrogen and oxygen atoms in total. The lowest BCUT2D eigenvalue weighted by Crippen LogP contribution is -2.49. The van der Waals surface area contributed by atoms with E-state index in [2.05, 4.69) is 9.88 Å². The highest BCUT2D eigenvalue weighted by Gasteiger charge is 2.26. The third-order valence-electron chi connectivity index (χ3n) is 5.23. The van der Waals surface area contributed by atoms with Gasteiger partial charge >= 0.3 is 0 Å². The van der Waals surface area contributed by atoms with Crippen molar-refractivity contribution in [2.45, 2.75) is 20.3 Å². The molecule has 3 heterocycles. The van der Waals surface area contributed by atoms with Crippen LogP contribution in [0.3, 0.4) is 0 Å². The molecule has 0 saturated carbocycles. The highest BCUT2D eigenvalue weighted by Crippen LogP contribution is 2.26. The van der Waals surface area contributed by atoms with Crippen LogP contribution in [0.15, 0.2) is 41.8 Å². The first-order chi connectivity index (χ1) is 14.0. The summed E-state index contributed by atoms with van der Waals surface area (Å²) in [7, 11) is 0. The van der Waals surface area contributed by atoms with Crippen molar-refractivity contribution in [2.75, 3.05) is 31.1 Å². The molecule has 0 spiro atoms. The molecule has 0 atom stereocenters. The van der Waals surface area contributed by atoms with Gasteiger partial charge in [0.25, 0.3) is 5.91 Å². The maximum absolute atomic E-state index is 14.2. The van der Waals surface area contributed by atoms with Crippen molar-refractivity contribution < 1.29 is 9.18 Å². The van der Waals surface area contributed by atoms with Crippen molar-refractivity contribution >= 4 is 23.1 Å². The largest absolute Gasteiger partial charge is 0.353 e. The molecule has 0 aliphatic carbocycles. The van der Waals surface area contributed by atoms with Gasteiger partial charge in [-0.15, -0.1) is 11.3 Å². The third-order valence-corrected chi connectivity index (χ3v) is 6.09. The molecule has 3 aromatic rings. The van der Waals surface area contributed by atoms with Crippen LogP contribution in [0.25, 0.3) is 0 Å².